The Balaban J connectivity index is 1.85. The fourth-order valence-electron chi connectivity index (χ4n) is 3.30. The number of hydrogen-bond acceptors (Lipinski definition) is 2. The molecule has 2 nitrogen and oxygen atoms in total. The molecule has 94 valence electrons. The van der Waals surface area contributed by atoms with Gasteiger partial charge in [-0.2, -0.15) is 0 Å². The van der Waals surface area contributed by atoms with E-state index in [0.717, 1.165) is 18.0 Å². The molecule has 2 aliphatic heterocycles. The molecule has 0 aromatic carbocycles. The molecule has 2 rings (SSSR count). The maximum absolute atomic E-state index is 3.89. The zero-order chi connectivity index (χ0) is 11.5. The molecule has 2 aliphatic rings. The van der Waals surface area contributed by atoms with Gasteiger partial charge >= 0.3 is 0 Å². The van der Waals surface area contributed by atoms with Gasteiger partial charge in [0.25, 0.3) is 0 Å². The van der Waals surface area contributed by atoms with Gasteiger partial charge < -0.3 is 5.32 Å². The molecule has 4 atom stereocenters. The van der Waals surface area contributed by atoms with Gasteiger partial charge in [0.05, 0.1) is 0 Å². The Labute approximate surface area is 101 Å². The summed E-state index contributed by atoms with van der Waals surface area (Å²) in [6, 6.07) is 2.29. The first-order chi connectivity index (χ1) is 7.72. The highest BCUT2D eigenvalue weighted by Gasteiger charge is 2.36. The first kappa shape index (κ1) is 12.4. The van der Waals surface area contributed by atoms with Crippen molar-refractivity contribution in [3.8, 4) is 0 Å². The molecule has 4 unspecified atom stereocenters. The summed E-state index contributed by atoms with van der Waals surface area (Å²) in [5.74, 6) is 0.803. The van der Waals surface area contributed by atoms with E-state index < -0.39 is 0 Å². The molecule has 0 aliphatic carbocycles. The van der Waals surface area contributed by atoms with Crippen molar-refractivity contribution >= 4 is 0 Å². The van der Waals surface area contributed by atoms with E-state index in [1.54, 1.807) is 0 Å². The lowest BCUT2D eigenvalue weighted by molar-refractivity contribution is 0.173. The Hall–Kier alpha value is -0.0800. The van der Waals surface area contributed by atoms with Crippen molar-refractivity contribution in [1.29, 1.82) is 0 Å². The number of nitrogens with zero attached hydrogens (tertiary/aromatic N) is 1. The van der Waals surface area contributed by atoms with Crippen LogP contribution in [0.25, 0.3) is 0 Å². The average Bonchev–Trinajstić information content (AvgIpc) is 2.72. The summed E-state index contributed by atoms with van der Waals surface area (Å²) in [5.41, 5.74) is 0. The van der Waals surface area contributed by atoms with E-state index in [9.17, 15) is 0 Å². The average molecular weight is 224 g/mol. The summed E-state index contributed by atoms with van der Waals surface area (Å²) >= 11 is 0. The van der Waals surface area contributed by atoms with Crippen LogP contribution >= 0.6 is 0 Å². The molecule has 0 aromatic rings. The molecule has 0 amide bonds. The Morgan fingerprint density at radius 1 is 1.19 bits per heavy atom. The van der Waals surface area contributed by atoms with Crippen LogP contribution in [0.2, 0.25) is 0 Å². The maximum Gasteiger partial charge on any atom is 0.0249 e. The van der Waals surface area contributed by atoms with E-state index in [4.69, 9.17) is 0 Å². The molecule has 0 bridgehead atoms. The van der Waals surface area contributed by atoms with Crippen LogP contribution in [0.5, 0.6) is 0 Å². The summed E-state index contributed by atoms with van der Waals surface area (Å²) < 4.78 is 0. The van der Waals surface area contributed by atoms with Gasteiger partial charge in [0, 0.05) is 24.7 Å². The van der Waals surface area contributed by atoms with Crippen molar-refractivity contribution in [3.63, 3.8) is 0 Å². The largest absolute Gasteiger partial charge is 0.310 e. The molecule has 2 saturated heterocycles. The minimum absolute atomic E-state index is 0.678. The number of nitrogens with one attached hydrogen (secondary N) is 1. The molecule has 0 spiro atoms. The smallest absolute Gasteiger partial charge is 0.0249 e. The van der Waals surface area contributed by atoms with Crippen LogP contribution in [0.15, 0.2) is 0 Å². The third kappa shape index (κ3) is 2.60. The van der Waals surface area contributed by atoms with Gasteiger partial charge in [-0.05, 0) is 38.6 Å². The summed E-state index contributed by atoms with van der Waals surface area (Å²) in [6.45, 7) is 9.70. The molecule has 1 N–H and O–H groups in total. The molecule has 2 heteroatoms. The van der Waals surface area contributed by atoms with E-state index in [-0.39, 0.29) is 0 Å². The topological polar surface area (TPSA) is 15.3 Å². The van der Waals surface area contributed by atoms with Crippen molar-refractivity contribution in [2.75, 3.05) is 13.1 Å². The van der Waals surface area contributed by atoms with Crippen LogP contribution in [0.1, 0.15) is 52.9 Å². The highest BCUT2D eigenvalue weighted by Crippen LogP contribution is 2.27. The van der Waals surface area contributed by atoms with E-state index in [0.29, 0.717) is 6.04 Å². The Morgan fingerprint density at radius 3 is 2.75 bits per heavy atom. The van der Waals surface area contributed by atoms with Crippen molar-refractivity contribution < 1.29 is 0 Å². The second-order valence-electron chi connectivity index (χ2n) is 5.84. The van der Waals surface area contributed by atoms with Crippen molar-refractivity contribution in [2.24, 2.45) is 5.92 Å². The monoisotopic (exact) mass is 224 g/mol. The normalized spacial score (nSPS) is 34.7. The number of hydrogen-bond donors (Lipinski definition) is 1. The molecular formula is C14H28N2. The third-order valence-corrected chi connectivity index (χ3v) is 4.83. The summed E-state index contributed by atoms with van der Waals surface area (Å²) in [5, 5.41) is 3.89. The predicted octanol–water partition coefficient (Wildman–Crippen LogP) is 2.64. The van der Waals surface area contributed by atoms with Crippen LogP contribution in [0.3, 0.4) is 0 Å². The van der Waals surface area contributed by atoms with Gasteiger partial charge in [-0.1, -0.05) is 26.7 Å². The Morgan fingerprint density at radius 2 is 2.00 bits per heavy atom. The fourth-order valence-corrected chi connectivity index (χ4v) is 3.30. The van der Waals surface area contributed by atoms with Gasteiger partial charge in [-0.25, -0.2) is 0 Å². The van der Waals surface area contributed by atoms with E-state index >= 15 is 0 Å². The Bertz CT molecular complexity index is 217. The van der Waals surface area contributed by atoms with Crippen LogP contribution < -0.4 is 5.32 Å². The number of rotatable bonds is 4. The predicted molar refractivity (Wildman–Crippen MR) is 69.7 cm³/mol. The van der Waals surface area contributed by atoms with Crippen LogP contribution in [0, 0.1) is 5.92 Å². The van der Waals surface area contributed by atoms with Crippen molar-refractivity contribution in [1.82, 2.24) is 10.2 Å². The molecule has 0 saturated carbocycles. The summed E-state index contributed by atoms with van der Waals surface area (Å²) in [6.07, 6.45) is 6.94. The van der Waals surface area contributed by atoms with Crippen LogP contribution in [-0.4, -0.2) is 36.1 Å². The lowest BCUT2D eigenvalue weighted by Crippen LogP contribution is -2.48. The zero-order valence-corrected chi connectivity index (χ0v) is 11.2. The van der Waals surface area contributed by atoms with Gasteiger partial charge in [0.15, 0.2) is 0 Å². The zero-order valence-electron chi connectivity index (χ0n) is 11.2. The quantitative estimate of drug-likeness (QED) is 0.790. The standard InChI is InChI=1S/C14H28N2/c1-4-11(2)12(3)15-13-8-10-16-9-6-5-7-14(13)16/h11-15H,4-10H2,1-3H3. The van der Waals surface area contributed by atoms with Crippen LogP contribution in [0.4, 0.5) is 0 Å². The van der Waals surface area contributed by atoms with Gasteiger partial charge in [-0.15, -0.1) is 0 Å². The number of piperidine rings is 1. The van der Waals surface area contributed by atoms with E-state index in [1.807, 2.05) is 0 Å². The minimum Gasteiger partial charge on any atom is -0.310 e. The molecule has 2 fully saturated rings. The lowest BCUT2D eigenvalue weighted by Gasteiger charge is -2.34. The summed E-state index contributed by atoms with van der Waals surface area (Å²) in [7, 11) is 0. The van der Waals surface area contributed by atoms with Crippen LogP contribution in [-0.2, 0) is 0 Å². The minimum atomic E-state index is 0.678. The molecule has 2 heterocycles. The summed E-state index contributed by atoms with van der Waals surface area (Å²) in [4.78, 5) is 2.71. The second kappa shape index (κ2) is 5.50. The van der Waals surface area contributed by atoms with E-state index in [1.165, 1.54) is 45.2 Å². The molecule has 16 heavy (non-hydrogen) atoms. The van der Waals surface area contributed by atoms with Crippen molar-refractivity contribution in [3.05, 3.63) is 0 Å². The SMILES string of the molecule is CCC(C)C(C)NC1CCN2CCCCC12. The maximum atomic E-state index is 3.89. The number of fused-ring (bicyclic) bond motifs is 1. The first-order valence-electron chi connectivity index (χ1n) is 7.22. The molecule has 0 radical (unpaired) electrons. The second-order valence-corrected chi connectivity index (χ2v) is 5.84. The third-order valence-electron chi connectivity index (χ3n) is 4.83. The highest BCUT2D eigenvalue weighted by atomic mass is 15.2. The first-order valence-corrected chi connectivity index (χ1v) is 7.22. The Kier molecular flexibility index (Phi) is 4.26. The van der Waals surface area contributed by atoms with Gasteiger partial charge in [-0.3, -0.25) is 4.90 Å². The molecular weight excluding hydrogens is 196 g/mol. The van der Waals surface area contributed by atoms with Gasteiger partial charge in [0.1, 0.15) is 0 Å². The fraction of sp³-hybridized carbons (Fsp3) is 1.00. The van der Waals surface area contributed by atoms with Gasteiger partial charge in [0.2, 0.25) is 0 Å². The lowest BCUT2D eigenvalue weighted by atomic mass is 9.95. The highest BCUT2D eigenvalue weighted by molar-refractivity contribution is 4.95. The molecule has 0 aromatic heterocycles. The van der Waals surface area contributed by atoms with Crippen molar-refractivity contribution in [2.45, 2.75) is 71.0 Å². The van der Waals surface area contributed by atoms with E-state index in [2.05, 4.69) is 31.0 Å².